The molecule has 1 fully saturated rings. The molecule has 1 aliphatic rings. The van der Waals surface area contributed by atoms with E-state index in [2.05, 4.69) is 34.8 Å². The molecule has 1 unspecified atom stereocenters. The Balaban J connectivity index is 1.87. The van der Waals surface area contributed by atoms with Crippen molar-refractivity contribution in [2.24, 2.45) is 5.92 Å². The molecule has 108 valence electrons. The van der Waals surface area contributed by atoms with Crippen molar-refractivity contribution in [3.05, 3.63) is 33.4 Å². The van der Waals surface area contributed by atoms with Crippen LogP contribution in [0.5, 0.6) is 0 Å². The first-order chi connectivity index (χ1) is 9.58. The van der Waals surface area contributed by atoms with Gasteiger partial charge in [-0.05, 0) is 53.5 Å². The highest BCUT2D eigenvalue weighted by atomic mass is 127. The Kier molecular flexibility index (Phi) is 5.39. The Morgan fingerprint density at radius 3 is 2.85 bits per heavy atom. The van der Waals surface area contributed by atoms with Gasteiger partial charge in [-0.25, -0.2) is 0 Å². The van der Waals surface area contributed by atoms with E-state index < -0.39 is 0 Å². The SMILES string of the molecule is CC1CCCN(C(=O)CNC(=O)c2ccccc2I)C1. The second-order valence-electron chi connectivity index (χ2n) is 5.25. The summed E-state index contributed by atoms with van der Waals surface area (Å²) in [5.74, 6) is 0.378. The van der Waals surface area contributed by atoms with Crippen LogP contribution in [0.25, 0.3) is 0 Å². The molecular formula is C15H19IN2O2. The van der Waals surface area contributed by atoms with Gasteiger partial charge in [-0.3, -0.25) is 9.59 Å². The van der Waals surface area contributed by atoms with Gasteiger partial charge in [-0.2, -0.15) is 0 Å². The van der Waals surface area contributed by atoms with Crippen LogP contribution in [-0.4, -0.2) is 36.3 Å². The first-order valence-electron chi connectivity index (χ1n) is 6.88. The fourth-order valence-corrected chi connectivity index (χ4v) is 3.06. The van der Waals surface area contributed by atoms with Crippen molar-refractivity contribution in [3.8, 4) is 0 Å². The number of benzene rings is 1. The third-order valence-corrected chi connectivity index (χ3v) is 4.47. The molecular weight excluding hydrogens is 367 g/mol. The zero-order valence-corrected chi connectivity index (χ0v) is 13.7. The van der Waals surface area contributed by atoms with Crippen LogP contribution in [0, 0.1) is 9.49 Å². The minimum absolute atomic E-state index is 0.0100. The van der Waals surface area contributed by atoms with Gasteiger partial charge in [0.25, 0.3) is 5.91 Å². The largest absolute Gasteiger partial charge is 0.343 e. The number of hydrogen-bond acceptors (Lipinski definition) is 2. The molecule has 2 amide bonds. The van der Waals surface area contributed by atoms with Crippen molar-refractivity contribution in [2.45, 2.75) is 19.8 Å². The van der Waals surface area contributed by atoms with Crippen molar-refractivity contribution in [1.29, 1.82) is 0 Å². The van der Waals surface area contributed by atoms with Gasteiger partial charge in [0.2, 0.25) is 5.91 Å². The third kappa shape index (κ3) is 3.94. The Labute approximate surface area is 133 Å². The lowest BCUT2D eigenvalue weighted by molar-refractivity contribution is -0.131. The monoisotopic (exact) mass is 386 g/mol. The van der Waals surface area contributed by atoms with E-state index in [0.717, 1.165) is 23.1 Å². The summed E-state index contributed by atoms with van der Waals surface area (Å²) in [6.07, 6.45) is 2.23. The van der Waals surface area contributed by atoms with E-state index >= 15 is 0 Å². The zero-order valence-electron chi connectivity index (χ0n) is 11.6. The number of nitrogens with zero attached hydrogens (tertiary/aromatic N) is 1. The number of hydrogen-bond donors (Lipinski definition) is 1. The number of rotatable bonds is 3. The highest BCUT2D eigenvalue weighted by Gasteiger charge is 2.21. The highest BCUT2D eigenvalue weighted by Crippen LogP contribution is 2.15. The van der Waals surface area contributed by atoms with Crippen LogP contribution in [0.4, 0.5) is 0 Å². The topological polar surface area (TPSA) is 49.4 Å². The van der Waals surface area contributed by atoms with Crippen LogP contribution in [0.3, 0.4) is 0 Å². The Bertz CT molecular complexity index is 504. The summed E-state index contributed by atoms with van der Waals surface area (Å²) in [6.45, 7) is 3.85. The van der Waals surface area contributed by atoms with Crippen LogP contribution in [0.15, 0.2) is 24.3 Å². The maximum Gasteiger partial charge on any atom is 0.252 e. The normalized spacial score (nSPS) is 18.7. The molecule has 1 heterocycles. The Morgan fingerprint density at radius 2 is 2.15 bits per heavy atom. The first-order valence-corrected chi connectivity index (χ1v) is 7.96. The van der Waals surface area contributed by atoms with Gasteiger partial charge in [0.1, 0.15) is 0 Å². The summed E-state index contributed by atoms with van der Waals surface area (Å²) in [5.41, 5.74) is 0.618. The van der Waals surface area contributed by atoms with E-state index in [1.807, 2.05) is 23.1 Å². The predicted octanol–water partition coefficient (Wildman–Crippen LogP) is 2.28. The van der Waals surface area contributed by atoms with E-state index in [0.29, 0.717) is 11.5 Å². The molecule has 1 atom stereocenters. The molecule has 0 spiro atoms. The van der Waals surface area contributed by atoms with Gasteiger partial charge in [0.15, 0.2) is 0 Å². The third-order valence-electron chi connectivity index (χ3n) is 3.53. The lowest BCUT2D eigenvalue weighted by atomic mass is 10.0. The molecule has 1 saturated heterocycles. The summed E-state index contributed by atoms with van der Waals surface area (Å²) in [4.78, 5) is 26.0. The standard InChI is InChI=1S/C15H19IN2O2/c1-11-5-4-8-18(10-11)14(19)9-17-15(20)12-6-2-3-7-13(12)16/h2-3,6-7,11H,4-5,8-10H2,1H3,(H,17,20). The lowest BCUT2D eigenvalue weighted by Gasteiger charge is -2.31. The molecule has 5 heteroatoms. The van der Waals surface area contributed by atoms with E-state index in [9.17, 15) is 9.59 Å². The Morgan fingerprint density at radius 1 is 1.40 bits per heavy atom. The highest BCUT2D eigenvalue weighted by molar-refractivity contribution is 14.1. The van der Waals surface area contributed by atoms with Crippen LogP contribution in [0.1, 0.15) is 30.1 Å². The molecule has 1 aromatic rings. The van der Waals surface area contributed by atoms with Crippen molar-refractivity contribution in [3.63, 3.8) is 0 Å². The average molecular weight is 386 g/mol. The number of nitrogens with one attached hydrogen (secondary N) is 1. The van der Waals surface area contributed by atoms with Crippen LogP contribution in [-0.2, 0) is 4.79 Å². The summed E-state index contributed by atoms with van der Waals surface area (Å²) < 4.78 is 0.890. The quantitative estimate of drug-likeness (QED) is 0.811. The van der Waals surface area contributed by atoms with Gasteiger partial charge in [0.05, 0.1) is 12.1 Å². The molecule has 1 N–H and O–H groups in total. The molecule has 0 aliphatic carbocycles. The number of likely N-dealkylation sites (tertiary alicyclic amines) is 1. The summed E-state index contributed by atoms with van der Waals surface area (Å²) in [5, 5.41) is 2.72. The fraction of sp³-hybridized carbons (Fsp3) is 0.467. The summed E-state index contributed by atoms with van der Waals surface area (Å²) >= 11 is 2.12. The summed E-state index contributed by atoms with van der Waals surface area (Å²) in [7, 11) is 0. The van der Waals surface area contributed by atoms with Crippen molar-refractivity contribution < 1.29 is 9.59 Å². The van der Waals surface area contributed by atoms with E-state index in [1.54, 1.807) is 6.07 Å². The molecule has 0 radical (unpaired) electrons. The fourth-order valence-electron chi connectivity index (χ4n) is 2.42. The zero-order chi connectivity index (χ0) is 14.5. The van der Waals surface area contributed by atoms with Gasteiger partial charge >= 0.3 is 0 Å². The molecule has 0 aromatic heterocycles. The van der Waals surface area contributed by atoms with Crippen LogP contribution in [0.2, 0.25) is 0 Å². The number of carbonyl (C=O) groups is 2. The second-order valence-corrected chi connectivity index (χ2v) is 6.41. The van der Waals surface area contributed by atoms with E-state index in [1.165, 1.54) is 6.42 Å². The molecule has 0 saturated carbocycles. The van der Waals surface area contributed by atoms with E-state index in [-0.39, 0.29) is 18.4 Å². The number of piperidine rings is 1. The van der Waals surface area contributed by atoms with Crippen LogP contribution >= 0.6 is 22.6 Å². The van der Waals surface area contributed by atoms with Gasteiger partial charge in [-0.1, -0.05) is 19.1 Å². The Hall–Kier alpha value is -1.11. The van der Waals surface area contributed by atoms with Gasteiger partial charge in [0, 0.05) is 16.7 Å². The minimum Gasteiger partial charge on any atom is -0.343 e. The number of halogens is 1. The van der Waals surface area contributed by atoms with Crippen molar-refractivity contribution >= 4 is 34.4 Å². The van der Waals surface area contributed by atoms with Crippen molar-refractivity contribution in [1.82, 2.24) is 10.2 Å². The van der Waals surface area contributed by atoms with Gasteiger partial charge < -0.3 is 10.2 Å². The number of amides is 2. The summed E-state index contributed by atoms with van der Waals surface area (Å²) in [6, 6.07) is 7.36. The molecule has 0 bridgehead atoms. The minimum atomic E-state index is -0.187. The molecule has 20 heavy (non-hydrogen) atoms. The number of carbonyl (C=O) groups excluding carboxylic acids is 2. The average Bonchev–Trinajstić information content (AvgIpc) is 2.45. The molecule has 2 rings (SSSR count). The van der Waals surface area contributed by atoms with E-state index in [4.69, 9.17) is 0 Å². The second kappa shape index (κ2) is 7.06. The van der Waals surface area contributed by atoms with Crippen LogP contribution < -0.4 is 5.32 Å². The smallest absolute Gasteiger partial charge is 0.252 e. The predicted molar refractivity (Wildman–Crippen MR) is 86.5 cm³/mol. The maximum absolute atomic E-state index is 12.1. The molecule has 1 aliphatic heterocycles. The molecule has 4 nitrogen and oxygen atoms in total. The molecule has 1 aromatic carbocycles. The van der Waals surface area contributed by atoms with Crippen molar-refractivity contribution in [2.75, 3.05) is 19.6 Å². The maximum atomic E-state index is 12.1. The van der Waals surface area contributed by atoms with Gasteiger partial charge in [-0.15, -0.1) is 0 Å². The lowest BCUT2D eigenvalue weighted by Crippen LogP contribution is -2.44. The first kappa shape index (κ1) is 15.3.